The van der Waals surface area contributed by atoms with Crippen LogP contribution in [0.5, 0.6) is 0 Å². The van der Waals surface area contributed by atoms with Gasteiger partial charge in [-0.2, -0.15) is 0 Å². The summed E-state index contributed by atoms with van der Waals surface area (Å²) < 4.78 is 25.8. The number of nitrogens with zero attached hydrogens (tertiary/aromatic N) is 1. The van der Waals surface area contributed by atoms with Crippen LogP contribution >= 0.6 is 0 Å². The molecule has 0 saturated heterocycles. The molecule has 0 aliphatic carbocycles. The van der Waals surface area contributed by atoms with Crippen LogP contribution in [-0.2, 0) is 16.4 Å². The zero-order valence-electron chi connectivity index (χ0n) is 11.0. The summed E-state index contributed by atoms with van der Waals surface area (Å²) >= 11 is 0. The molecule has 1 N–H and O–H groups in total. The minimum Gasteiger partial charge on any atom is -0.478 e. The zero-order chi connectivity index (χ0) is 15.5. The Labute approximate surface area is 121 Å². The first-order chi connectivity index (χ1) is 9.92. The van der Waals surface area contributed by atoms with E-state index in [1.165, 1.54) is 41.1 Å². The molecule has 1 heterocycles. The molecule has 6 nitrogen and oxygen atoms in total. The van der Waals surface area contributed by atoms with Gasteiger partial charge in [0, 0.05) is 18.8 Å². The smallest absolute Gasteiger partial charge is 0.337 e. The number of hydrogen-bond acceptors (Lipinski definition) is 4. The van der Waals surface area contributed by atoms with Crippen LogP contribution < -0.4 is 5.56 Å². The molecule has 0 atom stereocenters. The van der Waals surface area contributed by atoms with Crippen molar-refractivity contribution in [2.24, 2.45) is 0 Å². The molecule has 0 unspecified atom stereocenters. The highest BCUT2D eigenvalue weighted by molar-refractivity contribution is 7.91. The molecule has 2 aromatic rings. The summed E-state index contributed by atoms with van der Waals surface area (Å²) in [5.74, 6) is -1.65. The minimum atomic E-state index is -3.79. The van der Waals surface area contributed by atoms with Crippen molar-refractivity contribution in [1.82, 2.24) is 4.57 Å². The number of carbonyl (C=O) groups is 1. The van der Waals surface area contributed by atoms with Crippen molar-refractivity contribution in [1.29, 1.82) is 0 Å². The van der Waals surface area contributed by atoms with Crippen molar-refractivity contribution < 1.29 is 18.3 Å². The van der Waals surface area contributed by atoms with Gasteiger partial charge in [0.05, 0.1) is 16.2 Å². The number of carboxylic acids is 1. The van der Waals surface area contributed by atoms with Gasteiger partial charge in [-0.05, 0) is 18.2 Å². The molecule has 21 heavy (non-hydrogen) atoms. The second kappa shape index (κ2) is 5.92. The second-order valence-electron chi connectivity index (χ2n) is 4.35. The number of aryl methyl sites for hydroxylation is 1. The fraction of sp³-hybridized carbons (Fsp3) is 0.143. The largest absolute Gasteiger partial charge is 0.478 e. The van der Waals surface area contributed by atoms with Crippen LogP contribution in [0.25, 0.3) is 0 Å². The lowest BCUT2D eigenvalue weighted by Gasteiger charge is -2.09. The minimum absolute atomic E-state index is 0.0318. The lowest BCUT2D eigenvalue weighted by atomic mass is 10.2. The molecule has 7 heteroatoms. The molecule has 0 saturated carbocycles. The van der Waals surface area contributed by atoms with Crippen LogP contribution in [0, 0.1) is 0 Å². The standard InChI is InChI=1S/C14H13NO5S/c16-13-7-3-4-8-15(13)9-10-21(19,20)12-6-2-1-5-11(12)14(17)18/h1-8H,9-10H2,(H,17,18). The first kappa shape index (κ1) is 15.0. The maximum atomic E-state index is 12.3. The van der Waals surface area contributed by atoms with Crippen LogP contribution in [0.2, 0.25) is 0 Å². The lowest BCUT2D eigenvalue weighted by molar-refractivity contribution is 0.0692. The van der Waals surface area contributed by atoms with E-state index in [2.05, 4.69) is 0 Å². The van der Waals surface area contributed by atoms with E-state index in [4.69, 9.17) is 5.11 Å². The fourth-order valence-corrected chi connectivity index (χ4v) is 3.32. The van der Waals surface area contributed by atoms with E-state index in [0.29, 0.717) is 0 Å². The molecule has 0 bridgehead atoms. The number of benzene rings is 1. The number of aromatic carboxylic acids is 1. The Balaban J connectivity index is 2.30. The lowest BCUT2D eigenvalue weighted by Crippen LogP contribution is -2.23. The van der Waals surface area contributed by atoms with E-state index in [9.17, 15) is 18.0 Å². The number of hydrogen-bond donors (Lipinski definition) is 1. The highest BCUT2D eigenvalue weighted by atomic mass is 32.2. The summed E-state index contributed by atoms with van der Waals surface area (Å²) in [6.45, 7) is -0.0318. The predicted octanol–water partition coefficient (Wildman–Crippen LogP) is 1.02. The van der Waals surface area contributed by atoms with Gasteiger partial charge in [-0.25, -0.2) is 13.2 Å². The molecule has 1 aromatic heterocycles. The SMILES string of the molecule is O=C(O)c1ccccc1S(=O)(=O)CCn1ccccc1=O. The van der Waals surface area contributed by atoms with Gasteiger partial charge in [0.15, 0.2) is 9.84 Å². The first-order valence-corrected chi connectivity index (χ1v) is 7.77. The van der Waals surface area contributed by atoms with Crippen LogP contribution in [-0.4, -0.2) is 29.8 Å². The van der Waals surface area contributed by atoms with E-state index in [-0.39, 0.29) is 28.3 Å². The zero-order valence-corrected chi connectivity index (χ0v) is 11.8. The summed E-state index contributed by atoms with van der Waals surface area (Å²) in [4.78, 5) is 22.4. The van der Waals surface area contributed by atoms with Crippen LogP contribution in [0.3, 0.4) is 0 Å². The third kappa shape index (κ3) is 3.38. The Hall–Kier alpha value is -2.41. The number of sulfone groups is 1. The summed E-state index contributed by atoms with van der Waals surface area (Å²) in [5, 5.41) is 9.04. The Morgan fingerprint density at radius 3 is 2.43 bits per heavy atom. The molecule has 0 aliphatic rings. The molecule has 0 aliphatic heterocycles. The number of carboxylic acid groups (broad SMARTS) is 1. The summed E-state index contributed by atoms with van der Waals surface area (Å²) in [5.41, 5.74) is -0.572. The Morgan fingerprint density at radius 2 is 1.76 bits per heavy atom. The number of pyridine rings is 1. The van der Waals surface area contributed by atoms with Crippen LogP contribution in [0.1, 0.15) is 10.4 Å². The van der Waals surface area contributed by atoms with Gasteiger partial charge in [0.25, 0.3) is 5.56 Å². The van der Waals surface area contributed by atoms with Gasteiger partial charge in [0.1, 0.15) is 0 Å². The van der Waals surface area contributed by atoms with E-state index in [1.54, 1.807) is 12.1 Å². The van der Waals surface area contributed by atoms with Gasteiger partial charge in [-0.3, -0.25) is 4.79 Å². The second-order valence-corrected chi connectivity index (χ2v) is 6.43. The van der Waals surface area contributed by atoms with Crippen molar-refractivity contribution in [2.45, 2.75) is 11.4 Å². The molecular weight excluding hydrogens is 294 g/mol. The maximum absolute atomic E-state index is 12.3. The third-order valence-corrected chi connectivity index (χ3v) is 4.70. The van der Waals surface area contributed by atoms with Crippen molar-refractivity contribution in [3.05, 3.63) is 64.6 Å². The average molecular weight is 307 g/mol. The van der Waals surface area contributed by atoms with Gasteiger partial charge >= 0.3 is 5.97 Å². The maximum Gasteiger partial charge on any atom is 0.337 e. The predicted molar refractivity (Wildman–Crippen MR) is 76.2 cm³/mol. The van der Waals surface area contributed by atoms with E-state index < -0.39 is 15.8 Å². The van der Waals surface area contributed by atoms with E-state index in [1.807, 2.05) is 0 Å². The molecular formula is C14H13NO5S. The van der Waals surface area contributed by atoms with Crippen molar-refractivity contribution in [2.75, 3.05) is 5.75 Å². The van der Waals surface area contributed by atoms with Crippen molar-refractivity contribution >= 4 is 15.8 Å². The van der Waals surface area contributed by atoms with E-state index >= 15 is 0 Å². The summed E-state index contributed by atoms with van der Waals surface area (Å²) in [7, 11) is -3.79. The monoisotopic (exact) mass is 307 g/mol. The fourth-order valence-electron chi connectivity index (χ4n) is 1.89. The number of rotatable bonds is 5. The van der Waals surface area contributed by atoms with Crippen molar-refractivity contribution in [3.8, 4) is 0 Å². The average Bonchev–Trinajstić information content (AvgIpc) is 2.46. The normalized spacial score (nSPS) is 11.2. The van der Waals surface area contributed by atoms with Crippen molar-refractivity contribution in [3.63, 3.8) is 0 Å². The Bertz CT molecular complexity index is 823. The third-order valence-electron chi connectivity index (χ3n) is 2.95. The number of aromatic nitrogens is 1. The molecule has 0 fully saturated rings. The van der Waals surface area contributed by atoms with E-state index in [0.717, 1.165) is 0 Å². The van der Waals surface area contributed by atoms with Gasteiger partial charge in [0.2, 0.25) is 0 Å². The summed E-state index contributed by atoms with van der Waals surface area (Å²) in [6, 6.07) is 9.94. The quantitative estimate of drug-likeness (QED) is 0.890. The van der Waals surface area contributed by atoms with Gasteiger partial charge in [-0.15, -0.1) is 0 Å². The highest BCUT2D eigenvalue weighted by Gasteiger charge is 2.21. The molecule has 0 radical (unpaired) electrons. The summed E-state index contributed by atoms with van der Waals surface area (Å²) in [6.07, 6.45) is 1.49. The molecule has 0 spiro atoms. The topological polar surface area (TPSA) is 93.4 Å². The molecule has 110 valence electrons. The Kier molecular flexibility index (Phi) is 4.23. The molecule has 0 amide bonds. The molecule has 2 rings (SSSR count). The van der Waals surface area contributed by atoms with Gasteiger partial charge in [-0.1, -0.05) is 18.2 Å². The van der Waals surface area contributed by atoms with Crippen LogP contribution in [0.15, 0.2) is 58.4 Å². The van der Waals surface area contributed by atoms with Gasteiger partial charge < -0.3 is 9.67 Å². The van der Waals surface area contributed by atoms with Crippen LogP contribution in [0.4, 0.5) is 0 Å². The Morgan fingerprint density at radius 1 is 1.10 bits per heavy atom. The molecule has 1 aromatic carbocycles. The highest BCUT2D eigenvalue weighted by Crippen LogP contribution is 2.17. The first-order valence-electron chi connectivity index (χ1n) is 6.12.